The van der Waals surface area contributed by atoms with E-state index in [2.05, 4.69) is 18.4 Å². The van der Waals surface area contributed by atoms with E-state index in [-0.39, 0.29) is 36.4 Å². The third kappa shape index (κ3) is 5.12. The number of ether oxygens (including phenoxy) is 3. The van der Waals surface area contributed by atoms with Crippen molar-refractivity contribution < 1.29 is 28.6 Å². The van der Waals surface area contributed by atoms with Gasteiger partial charge in [0.2, 0.25) is 0 Å². The van der Waals surface area contributed by atoms with Crippen molar-refractivity contribution in [2.75, 3.05) is 26.2 Å². The lowest BCUT2D eigenvalue weighted by atomic mass is 9.73. The van der Waals surface area contributed by atoms with Crippen LogP contribution in [0.15, 0.2) is 23.3 Å². The van der Waals surface area contributed by atoms with Gasteiger partial charge in [0, 0.05) is 18.9 Å². The van der Waals surface area contributed by atoms with Gasteiger partial charge in [0.15, 0.2) is 0 Å². The normalized spacial score (nSPS) is 27.6. The lowest BCUT2D eigenvalue weighted by Crippen LogP contribution is -2.42. The van der Waals surface area contributed by atoms with Crippen LogP contribution in [0, 0.1) is 11.8 Å². The zero-order valence-corrected chi connectivity index (χ0v) is 18.3. The standard InChI is InChI=1S/C23H33NO6/c1-14(8-7-11-28-17(4)25)20-15(2)12-18-21(16(3)23(27)29-18)22(20)30-19(26)13-24-9-5-6-10-24/h14,18,21-22H,3,5-13H2,1-2,4H3/t14-,18+,21+,22?/m0/s1. The second-order valence-electron chi connectivity index (χ2n) is 8.71. The van der Waals surface area contributed by atoms with Gasteiger partial charge in [-0.15, -0.1) is 0 Å². The molecule has 166 valence electrons. The highest BCUT2D eigenvalue weighted by Crippen LogP contribution is 2.45. The van der Waals surface area contributed by atoms with Crippen LogP contribution in [-0.4, -0.2) is 61.3 Å². The quantitative estimate of drug-likeness (QED) is 0.197. The van der Waals surface area contributed by atoms with Crippen LogP contribution in [0.4, 0.5) is 0 Å². The molecule has 1 aliphatic carbocycles. The molecule has 0 saturated carbocycles. The fraction of sp³-hybridized carbons (Fsp3) is 0.696. The molecule has 3 aliphatic rings. The maximum atomic E-state index is 12.8. The third-order valence-electron chi connectivity index (χ3n) is 6.38. The molecule has 3 rings (SSSR count). The predicted molar refractivity (Wildman–Crippen MR) is 110 cm³/mol. The first kappa shape index (κ1) is 22.5. The molecule has 0 spiro atoms. The first-order chi connectivity index (χ1) is 14.3. The van der Waals surface area contributed by atoms with Crippen LogP contribution in [0.25, 0.3) is 0 Å². The molecule has 30 heavy (non-hydrogen) atoms. The van der Waals surface area contributed by atoms with Crippen LogP contribution in [0.5, 0.6) is 0 Å². The van der Waals surface area contributed by atoms with Crippen molar-refractivity contribution in [1.29, 1.82) is 0 Å². The van der Waals surface area contributed by atoms with Crippen LogP contribution >= 0.6 is 0 Å². The maximum absolute atomic E-state index is 12.8. The third-order valence-corrected chi connectivity index (χ3v) is 6.38. The summed E-state index contributed by atoms with van der Waals surface area (Å²) >= 11 is 0. The predicted octanol–water partition coefficient (Wildman–Crippen LogP) is 2.79. The summed E-state index contributed by atoms with van der Waals surface area (Å²) in [7, 11) is 0. The molecule has 0 bridgehead atoms. The Morgan fingerprint density at radius 3 is 2.67 bits per heavy atom. The van der Waals surface area contributed by atoms with E-state index in [0.717, 1.165) is 49.9 Å². The molecule has 4 atom stereocenters. The molecular formula is C23H33NO6. The summed E-state index contributed by atoms with van der Waals surface area (Å²) in [5.41, 5.74) is 2.53. The minimum atomic E-state index is -0.540. The fourth-order valence-electron chi connectivity index (χ4n) is 4.95. The van der Waals surface area contributed by atoms with E-state index >= 15 is 0 Å². The van der Waals surface area contributed by atoms with Crippen molar-refractivity contribution in [1.82, 2.24) is 4.90 Å². The summed E-state index contributed by atoms with van der Waals surface area (Å²) < 4.78 is 16.6. The Morgan fingerprint density at radius 1 is 1.30 bits per heavy atom. The van der Waals surface area contributed by atoms with E-state index in [1.807, 2.05) is 6.92 Å². The molecule has 0 N–H and O–H groups in total. The number of esters is 3. The second kappa shape index (κ2) is 9.77. The summed E-state index contributed by atoms with van der Waals surface area (Å²) in [6.07, 6.45) is 3.47. The Bertz CT molecular complexity index is 736. The van der Waals surface area contributed by atoms with Crippen LogP contribution in [0.2, 0.25) is 0 Å². The second-order valence-corrected chi connectivity index (χ2v) is 8.71. The summed E-state index contributed by atoms with van der Waals surface area (Å²) in [6, 6.07) is 0. The van der Waals surface area contributed by atoms with Gasteiger partial charge in [-0.1, -0.05) is 19.1 Å². The van der Waals surface area contributed by atoms with E-state index in [0.29, 0.717) is 18.6 Å². The molecule has 0 radical (unpaired) electrons. The summed E-state index contributed by atoms with van der Waals surface area (Å²) in [5, 5.41) is 0. The summed E-state index contributed by atoms with van der Waals surface area (Å²) in [4.78, 5) is 38.0. The highest BCUT2D eigenvalue weighted by molar-refractivity contribution is 5.91. The minimum absolute atomic E-state index is 0.120. The van der Waals surface area contributed by atoms with E-state index in [4.69, 9.17) is 14.2 Å². The monoisotopic (exact) mass is 419 g/mol. The van der Waals surface area contributed by atoms with Gasteiger partial charge in [-0.3, -0.25) is 14.5 Å². The summed E-state index contributed by atoms with van der Waals surface area (Å²) in [5.74, 6) is -1.18. The van der Waals surface area contributed by atoms with Crippen molar-refractivity contribution in [3.8, 4) is 0 Å². The van der Waals surface area contributed by atoms with Crippen molar-refractivity contribution in [2.24, 2.45) is 11.8 Å². The molecule has 2 fully saturated rings. The van der Waals surface area contributed by atoms with E-state index < -0.39 is 12.1 Å². The first-order valence-corrected chi connectivity index (χ1v) is 10.9. The highest BCUT2D eigenvalue weighted by atomic mass is 16.6. The molecule has 2 aliphatic heterocycles. The molecule has 0 aromatic carbocycles. The molecule has 2 saturated heterocycles. The largest absolute Gasteiger partial charge is 0.466 e. The van der Waals surface area contributed by atoms with Gasteiger partial charge >= 0.3 is 17.9 Å². The minimum Gasteiger partial charge on any atom is -0.466 e. The molecule has 7 nitrogen and oxygen atoms in total. The SMILES string of the molecule is C=C1C(=O)O[C@@H]2CC(C)=C([C@@H](C)CCCOC(C)=O)C(OC(=O)CN3CCCC3)[C@H]12. The number of fused-ring (bicyclic) bond motifs is 1. The highest BCUT2D eigenvalue weighted by Gasteiger charge is 2.50. The van der Waals surface area contributed by atoms with Gasteiger partial charge in [0.1, 0.15) is 12.2 Å². The zero-order chi connectivity index (χ0) is 21.8. The Hall–Kier alpha value is -2.15. The van der Waals surface area contributed by atoms with Crippen LogP contribution in [0.1, 0.15) is 52.9 Å². The van der Waals surface area contributed by atoms with Gasteiger partial charge < -0.3 is 14.2 Å². The average molecular weight is 420 g/mol. The molecule has 7 heteroatoms. The smallest absolute Gasteiger partial charge is 0.334 e. The molecule has 2 heterocycles. The average Bonchev–Trinajstić information content (AvgIpc) is 3.26. The topological polar surface area (TPSA) is 82.1 Å². The molecule has 1 unspecified atom stereocenters. The van der Waals surface area contributed by atoms with Crippen molar-refractivity contribution in [2.45, 2.75) is 65.1 Å². The Morgan fingerprint density at radius 2 is 2.00 bits per heavy atom. The van der Waals surface area contributed by atoms with Crippen LogP contribution in [-0.2, 0) is 28.6 Å². The van der Waals surface area contributed by atoms with Gasteiger partial charge in [0.25, 0.3) is 0 Å². The number of carbonyl (C=O) groups excluding carboxylic acids is 3. The molecule has 0 aromatic heterocycles. The van der Waals surface area contributed by atoms with Gasteiger partial charge in [-0.25, -0.2) is 4.79 Å². The Balaban J connectivity index is 1.75. The van der Waals surface area contributed by atoms with Crippen LogP contribution < -0.4 is 0 Å². The van der Waals surface area contributed by atoms with E-state index in [1.54, 1.807) is 0 Å². The van der Waals surface area contributed by atoms with E-state index in [9.17, 15) is 14.4 Å². The molecule has 0 aromatic rings. The van der Waals surface area contributed by atoms with Gasteiger partial charge in [0.05, 0.1) is 19.1 Å². The number of likely N-dealkylation sites (tertiary alicyclic amines) is 1. The number of carbonyl (C=O) groups is 3. The van der Waals surface area contributed by atoms with Gasteiger partial charge in [-0.2, -0.15) is 0 Å². The zero-order valence-electron chi connectivity index (χ0n) is 18.3. The maximum Gasteiger partial charge on any atom is 0.334 e. The lowest BCUT2D eigenvalue weighted by Gasteiger charge is -2.37. The first-order valence-electron chi connectivity index (χ1n) is 10.9. The number of rotatable bonds is 8. The number of hydrogen-bond acceptors (Lipinski definition) is 7. The van der Waals surface area contributed by atoms with Crippen molar-refractivity contribution >= 4 is 17.9 Å². The van der Waals surface area contributed by atoms with Crippen LogP contribution in [0.3, 0.4) is 0 Å². The van der Waals surface area contributed by atoms with Gasteiger partial charge in [-0.05, 0) is 57.2 Å². The Labute approximate surface area is 178 Å². The Kier molecular flexibility index (Phi) is 7.34. The van der Waals surface area contributed by atoms with Crippen molar-refractivity contribution in [3.63, 3.8) is 0 Å². The number of nitrogens with zero attached hydrogens (tertiary/aromatic N) is 1. The summed E-state index contributed by atoms with van der Waals surface area (Å²) in [6.45, 7) is 11.9. The lowest BCUT2D eigenvalue weighted by molar-refractivity contribution is -0.152. The molecule has 0 amide bonds. The fourth-order valence-corrected chi connectivity index (χ4v) is 4.95. The molecular weight excluding hydrogens is 386 g/mol. The van der Waals surface area contributed by atoms with E-state index in [1.165, 1.54) is 6.92 Å². The van der Waals surface area contributed by atoms with Crippen molar-refractivity contribution in [3.05, 3.63) is 23.3 Å². The number of hydrogen-bond donors (Lipinski definition) is 0.